The van der Waals surface area contributed by atoms with Gasteiger partial charge >= 0.3 is 0 Å². The molecule has 0 amide bonds. The van der Waals surface area contributed by atoms with Crippen molar-refractivity contribution >= 4 is 17.0 Å². The maximum atomic E-state index is 5.54. The van der Waals surface area contributed by atoms with E-state index in [1.54, 1.807) is 32.6 Å². The highest BCUT2D eigenvalue weighted by molar-refractivity contribution is 7.07. The molecule has 0 radical (unpaired) electrons. The Bertz CT molecular complexity index is 1090. The first-order valence-electron chi connectivity index (χ1n) is 8.97. The Morgan fingerprint density at radius 1 is 1.00 bits per heavy atom. The largest absolute Gasteiger partial charge is 0.497 e. The predicted octanol–water partition coefficient (Wildman–Crippen LogP) is 4.65. The highest BCUT2D eigenvalue weighted by Crippen LogP contribution is 2.26. The first-order valence-corrected chi connectivity index (χ1v) is 9.85. The van der Waals surface area contributed by atoms with E-state index in [0.29, 0.717) is 0 Å². The fraction of sp³-hybridized carbons (Fsp3) is 0.273. The Morgan fingerprint density at radius 3 is 2.43 bits per heavy atom. The topological polar surface area (TPSA) is 48.1 Å². The number of nitrogens with zero attached hydrogens (tertiary/aromatic N) is 3. The average Bonchev–Trinajstić information content (AvgIpc) is 3.11. The molecule has 3 aromatic rings. The third-order valence-electron chi connectivity index (χ3n) is 4.73. The second-order valence-corrected chi connectivity index (χ2v) is 7.33. The van der Waals surface area contributed by atoms with E-state index in [2.05, 4.69) is 42.4 Å². The Balaban J connectivity index is 2.14. The van der Waals surface area contributed by atoms with Gasteiger partial charge in [0.1, 0.15) is 11.5 Å². The van der Waals surface area contributed by atoms with Crippen LogP contribution in [0.1, 0.15) is 23.6 Å². The van der Waals surface area contributed by atoms with Crippen LogP contribution >= 0.6 is 11.3 Å². The molecule has 0 N–H and O–H groups in total. The van der Waals surface area contributed by atoms with E-state index in [0.717, 1.165) is 38.8 Å². The Labute approximate surface area is 169 Å². The zero-order valence-electron chi connectivity index (χ0n) is 17.1. The molecule has 5 nitrogen and oxygen atoms in total. The molecule has 0 aliphatic carbocycles. The summed E-state index contributed by atoms with van der Waals surface area (Å²) in [4.78, 5) is 5.23. The van der Waals surface area contributed by atoms with Gasteiger partial charge in [0.15, 0.2) is 0 Å². The number of thiazole rings is 1. The summed E-state index contributed by atoms with van der Waals surface area (Å²) in [5.74, 6) is 1.47. The van der Waals surface area contributed by atoms with Crippen molar-refractivity contribution in [1.82, 2.24) is 4.68 Å². The van der Waals surface area contributed by atoms with Crippen molar-refractivity contribution in [3.63, 3.8) is 0 Å². The van der Waals surface area contributed by atoms with Gasteiger partial charge in [0, 0.05) is 29.6 Å². The number of rotatable bonds is 5. The van der Waals surface area contributed by atoms with Crippen LogP contribution in [0.5, 0.6) is 11.5 Å². The van der Waals surface area contributed by atoms with Crippen molar-refractivity contribution in [2.24, 2.45) is 10.1 Å². The summed E-state index contributed by atoms with van der Waals surface area (Å²) in [6, 6.07) is 12.2. The van der Waals surface area contributed by atoms with Gasteiger partial charge in [0.05, 0.1) is 25.6 Å². The van der Waals surface area contributed by atoms with Crippen molar-refractivity contribution in [2.75, 3.05) is 21.3 Å². The molecule has 0 saturated carbocycles. The molecule has 0 saturated heterocycles. The number of hydrogen-bond acceptors (Lipinski definition) is 5. The molecule has 0 fully saturated rings. The monoisotopic (exact) mass is 395 g/mol. The van der Waals surface area contributed by atoms with Crippen molar-refractivity contribution in [1.29, 1.82) is 0 Å². The van der Waals surface area contributed by atoms with Crippen LogP contribution in [-0.2, 0) is 0 Å². The van der Waals surface area contributed by atoms with Gasteiger partial charge in [-0.3, -0.25) is 4.99 Å². The summed E-state index contributed by atoms with van der Waals surface area (Å²) in [6.45, 7) is 6.21. The van der Waals surface area contributed by atoms with Gasteiger partial charge in [-0.15, -0.1) is 11.3 Å². The van der Waals surface area contributed by atoms with E-state index in [-0.39, 0.29) is 0 Å². The first-order chi connectivity index (χ1) is 13.5. The molecule has 6 heteroatoms. The van der Waals surface area contributed by atoms with Crippen LogP contribution in [0.15, 0.2) is 51.9 Å². The fourth-order valence-electron chi connectivity index (χ4n) is 2.95. The van der Waals surface area contributed by atoms with Crippen molar-refractivity contribution in [3.8, 4) is 22.8 Å². The summed E-state index contributed by atoms with van der Waals surface area (Å²) in [7, 11) is 5.07. The van der Waals surface area contributed by atoms with Crippen LogP contribution in [0.3, 0.4) is 0 Å². The number of benzene rings is 2. The molecule has 2 aromatic carbocycles. The maximum absolute atomic E-state index is 5.54. The lowest BCUT2D eigenvalue weighted by Gasteiger charge is -2.11. The number of methoxy groups -OCH3 is 2. The zero-order chi connectivity index (χ0) is 20.3. The molecule has 0 atom stereocenters. The van der Waals surface area contributed by atoms with Crippen LogP contribution < -0.4 is 14.3 Å². The van der Waals surface area contributed by atoms with Gasteiger partial charge in [-0.1, -0.05) is 12.1 Å². The van der Waals surface area contributed by atoms with E-state index in [4.69, 9.17) is 14.6 Å². The van der Waals surface area contributed by atoms with E-state index in [1.165, 1.54) is 11.1 Å². The lowest BCUT2D eigenvalue weighted by atomic mass is 10.1. The lowest BCUT2D eigenvalue weighted by Crippen LogP contribution is -2.14. The third kappa shape index (κ3) is 3.87. The van der Waals surface area contributed by atoms with E-state index >= 15 is 0 Å². The quantitative estimate of drug-likeness (QED) is 0.590. The van der Waals surface area contributed by atoms with Gasteiger partial charge in [0.2, 0.25) is 4.80 Å². The van der Waals surface area contributed by atoms with Gasteiger partial charge in [-0.25, -0.2) is 4.68 Å². The molecular formula is C22H25N3O2S. The normalized spacial score (nSPS) is 12.4. The zero-order valence-corrected chi connectivity index (χ0v) is 17.9. The molecule has 28 heavy (non-hydrogen) atoms. The SMILES string of the molecule is CN=c1scc(-c2ccc(C)c(C)c2)n1N=C(C)c1ccc(OC)cc1OC. The van der Waals surface area contributed by atoms with Gasteiger partial charge < -0.3 is 9.47 Å². The summed E-state index contributed by atoms with van der Waals surface area (Å²) in [5, 5.41) is 6.97. The first kappa shape index (κ1) is 19.9. The maximum Gasteiger partial charge on any atom is 0.205 e. The van der Waals surface area contributed by atoms with Crippen molar-refractivity contribution < 1.29 is 9.47 Å². The Hall–Kier alpha value is -2.86. The van der Waals surface area contributed by atoms with Crippen LogP contribution in [-0.4, -0.2) is 31.7 Å². The number of ether oxygens (including phenoxy) is 2. The van der Waals surface area contributed by atoms with E-state index < -0.39 is 0 Å². The fourth-order valence-corrected chi connectivity index (χ4v) is 3.75. The second-order valence-electron chi connectivity index (χ2n) is 6.49. The van der Waals surface area contributed by atoms with Gasteiger partial charge in [-0.05, 0) is 50.1 Å². The predicted molar refractivity (Wildman–Crippen MR) is 116 cm³/mol. The Kier molecular flexibility index (Phi) is 5.99. The third-order valence-corrected chi connectivity index (χ3v) is 5.64. The summed E-state index contributed by atoms with van der Waals surface area (Å²) >= 11 is 1.57. The Morgan fingerprint density at radius 2 is 1.79 bits per heavy atom. The molecule has 0 aliphatic heterocycles. The smallest absolute Gasteiger partial charge is 0.205 e. The summed E-state index contributed by atoms with van der Waals surface area (Å²) < 4.78 is 12.7. The van der Waals surface area contributed by atoms with E-state index in [9.17, 15) is 0 Å². The van der Waals surface area contributed by atoms with Crippen LogP contribution in [0, 0.1) is 13.8 Å². The highest BCUT2D eigenvalue weighted by Gasteiger charge is 2.12. The highest BCUT2D eigenvalue weighted by atomic mass is 32.1. The van der Waals surface area contributed by atoms with Crippen molar-refractivity contribution in [3.05, 3.63) is 63.3 Å². The molecule has 1 heterocycles. The molecule has 0 unspecified atom stereocenters. The minimum absolute atomic E-state index is 0.721. The molecule has 0 spiro atoms. The number of hydrogen-bond donors (Lipinski definition) is 0. The van der Waals surface area contributed by atoms with Crippen molar-refractivity contribution in [2.45, 2.75) is 20.8 Å². The lowest BCUT2D eigenvalue weighted by molar-refractivity contribution is 0.394. The number of aryl methyl sites for hydroxylation is 2. The van der Waals surface area contributed by atoms with Crippen LogP contribution in [0.2, 0.25) is 0 Å². The second kappa shape index (κ2) is 8.44. The minimum Gasteiger partial charge on any atom is -0.497 e. The summed E-state index contributed by atoms with van der Waals surface area (Å²) in [6.07, 6.45) is 0. The molecule has 0 bridgehead atoms. The average molecular weight is 396 g/mol. The van der Waals surface area contributed by atoms with Crippen LogP contribution in [0.25, 0.3) is 11.3 Å². The molecule has 1 aromatic heterocycles. The molecule has 0 aliphatic rings. The van der Waals surface area contributed by atoms with Gasteiger partial charge in [0.25, 0.3) is 0 Å². The minimum atomic E-state index is 0.721. The molecule has 3 rings (SSSR count). The van der Waals surface area contributed by atoms with Gasteiger partial charge in [-0.2, -0.15) is 5.10 Å². The standard InChI is InChI=1S/C22H25N3O2S/c1-14-7-8-17(11-15(14)2)20-13-28-22(23-4)25(20)24-16(3)19-10-9-18(26-5)12-21(19)27-6/h7-13H,1-6H3. The number of aromatic nitrogens is 1. The summed E-state index contributed by atoms with van der Waals surface area (Å²) in [5.41, 5.74) is 6.40. The molecule has 146 valence electrons. The molecular weight excluding hydrogens is 370 g/mol. The van der Waals surface area contributed by atoms with E-state index in [1.807, 2.05) is 29.8 Å². The van der Waals surface area contributed by atoms with Crippen LogP contribution in [0.4, 0.5) is 0 Å².